The fourth-order valence-electron chi connectivity index (χ4n) is 2.84. The molecule has 0 bridgehead atoms. The van der Waals surface area contributed by atoms with Crippen molar-refractivity contribution in [2.24, 2.45) is 0 Å². The second-order valence-electron chi connectivity index (χ2n) is 6.29. The molecule has 7 nitrogen and oxygen atoms in total. The molecular formula is C18H26N4O3. The standard InChI is InChI=1S/C18H26N4O3/c1-13(23)20-15-7-9-16(10-8-15)21-17(24)11-12-19-18(25)22-14-5-3-2-4-6-14/h7-10,14H,2-6,11-12H2,1H3,(H,20,23)(H,21,24)(H2,19,22,25). The van der Waals surface area contributed by atoms with Crippen molar-refractivity contribution in [2.75, 3.05) is 17.2 Å². The molecule has 1 aromatic carbocycles. The van der Waals surface area contributed by atoms with E-state index in [2.05, 4.69) is 21.3 Å². The molecule has 1 saturated carbocycles. The number of rotatable bonds is 6. The lowest BCUT2D eigenvalue weighted by atomic mass is 9.96. The Morgan fingerprint density at radius 3 is 2.16 bits per heavy atom. The minimum atomic E-state index is -0.209. The zero-order valence-corrected chi connectivity index (χ0v) is 14.6. The predicted octanol–water partition coefficient (Wildman–Crippen LogP) is 2.61. The van der Waals surface area contributed by atoms with Crippen LogP contribution in [0.1, 0.15) is 45.4 Å². The Balaban J connectivity index is 1.64. The SMILES string of the molecule is CC(=O)Nc1ccc(NC(=O)CCNC(=O)NC2CCCCC2)cc1. The number of benzene rings is 1. The van der Waals surface area contributed by atoms with Gasteiger partial charge in [-0.3, -0.25) is 9.59 Å². The summed E-state index contributed by atoms with van der Waals surface area (Å²) in [6, 6.07) is 6.91. The van der Waals surface area contributed by atoms with E-state index in [0.29, 0.717) is 11.4 Å². The fourth-order valence-corrected chi connectivity index (χ4v) is 2.84. The molecule has 0 aliphatic heterocycles. The lowest BCUT2D eigenvalue weighted by Gasteiger charge is -2.22. The first-order chi connectivity index (χ1) is 12.0. The zero-order valence-electron chi connectivity index (χ0n) is 14.6. The number of hydrogen-bond acceptors (Lipinski definition) is 3. The fraction of sp³-hybridized carbons (Fsp3) is 0.500. The van der Waals surface area contributed by atoms with Gasteiger partial charge in [-0.05, 0) is 37.1 Å². The number of carbonyl (C=O) groups excluding carboxylic acids is 3. The van der Waals surface area contributed by atoms with Crippen molar-refractivity contribution in [3.8, 4) is 0 Å². The van der Waals surface area contributed by atoms with Gasteiger partial charge in [-0.25, -0.2) is 4.79 Å². The first kappa shape index (κ1) is 18.8. The lowest BCUT2D eigenvalue weighted by Crippen LogP contribution is -2.43. The van der Waals surface area contributed by atoms with Crippen molar-refractivity contribution >= 4 is 29.2 Å². The highest BCUT2D eigenvalue weighted by molar-refractivity contribution is 5.92. The van der Waals surface area contributed by atoms with Crippen LogP contribution < -0.4 is 21.3 Å². The topological polar surface area (TPSA) is 99.3 Å². The summed E-state index contributed by atoms with van der Waals surface area (Å²) < 4.78 is 0. The van der Waals surface area contributed by atoms with Gasteiger partial charge in [0.25, 0.3) is 0 Å². The van der Waals surface area contributed by atoms with Gasteiger partial charge in [-0.1, -0.05) is 19.3 Å². The average molecular weight is 346 g/mol. The minimum Gasteiger partial charge on any atom is -0.338 e. The maximum absolute atomic E-state index is 11.9. The zero-order chi connectivity index (χ0) is 18.1. The van der Waals surface area contributed by atoms with Gasteiger partial charge < -0.3 is 21.3 Å². The maximum Gasteiger partial charge on any atom is 0.315 e. The predicted molar refractivity (Wildman–Crippen MR) is 97.4 cm³/mol. The highest BCUT2D eigenvalue weighted by Crippen LogP contribution is 2.17. The minimum absolute atomic E-state index is 0.144. The monoisotopic (exact) mass is 346 g/mol. The Morgan fingerprint density at radius 1 is 0.960 bits per heavy atom. The molecule has 0 unspecified atom stereocenters. The molecule has 0 spiro atoms. The highest BCUT2D eigenvalue weighted by atomic mass is 16.2. The van der Waals surface area contributed by atoms with Crippen molar-refractivity contribution in [3.63, 3.8) is 0 Å². The van der Waals surface area contributed by atoms with Crippen LogP contribution in [-0.2, 0) is 9.59 Å². The van der Waals surface area contributed by atoms with E-state index in [4.69, 9.17) is 0 Å². The van der Waals surface area contributed by atoms with E-state index in [1.54, 1.807) is 24.3 Å². The Bertz CT molecular complexity index is 595. The van der Waals surface area contributed by atoms with Crippen LogP contribution in [0.5, 0.6) is 0 Å². The summed E-state index contributed by atoms with van der Waals surface area (Å²) in [5, 5.41) is 11.1. The molecule has 0 radical (unpaired) electrons. The molecule has 7 heteroatoms. The average Bonchev–Trinajstić information content (AvgIpc) is 2.57. The second kappa shape index (κ2) is 9.66. The van der Waals surface area contributed by atoms with Crippen LogP contribution in [0, 0.1) is 0 Å². The molecular weight excluding hydrogens is 320 g/mol. The van der Waals surface area contributed by atoms with Crippen LogP contribution in [0.4, 0.5) is 16.2 Å². The van der Waals surface area contributed by atoms with Gasteiger partial charge >= 0.3 is 6.03 Å². The first-order valence-electron chi connectivity index (χ1n) is 8.75. The smallest absolute Gasteiger partial charge is 0.315 e. The third kappa shape index (κ3) is 7.24. The third-order valence-electron chi connectivity index (χ3n) is 4.07. The number of nitrogens with one attached hydrogen (secondary N) is 4. The van der Waals surface area contributed by atoms with Crippen molar-refractivity contribution in [3.05, 3.63) is 24.3 Å². The van der Waals surface area contributed by atoms with Crippen LogP contribution in [0.3, 0.4) is 0 Å². The van der Waals surface area contributed by atoms with Gasteiger partial charge in [-0.2, -0.15) is 0 Å². The van der Waals surface area contributed by atoms with E-state index >= 15 is 0 Å². The summed E-state index contributed by atoms with van der Waals surface area (Å²) >= 11 is 0. The number of anilines is 2. The summed E-state index contributed by atoms with van der Waals surface area (Å²) in [6.45, 7) is 1.72. The summed E-state index contributed by atoms with van der Waals surface area (Å²) in [5.74, 6) is -0.320. The Kier molecular flexibility index (Phi) is 7.25. The van der Waals surface area contributed by atoms with E-state index in [-0.39, 0.29) is 36.9 Å². The van der Waals surface area contributed by atoms with Gasteiger partial charge in [-0.15, -0.1) is 0 Å². The van der Waals surface area contributed by atoms with Gasteiger partial charge in [0, 0.05) is 37.3 Å². The van der Waals surface area contributed by atoms with Crippen LogP contribution in [0.2, 0.25) is 0 Å². The van der Waals surface area contributed by atoms with Crippen LogP contribution in [0.15, 0.2) is 24.3 Å². The Hall–Kier alpha value is -2.57. The van der Waals surface area contributed by atoms with E-state index in [1.165, 1.54) is 13.3 Å². The van der Waals surface area contributed by atoms with Crippen molar-refractivity contribution < 1.29 is 14.4 Å². The summed E-state index contributed by atoms with van der Waals surface area (Å²) in [7, 11) is 0. The maximum atomic E-state index is 11.9. The van der Waals surface area contributed by atoms with Crippen molar-refractivity contribution in [1.29, 1.82) is 0 Å². The summed E-state index contributed by atoms with van der Waals surface area (Å²) in [5.41, 5.74) is 1.32. The molecule has 2 rings (SSSR count). The molecule has 136 valence electrons. The summed E-state index contributed by atoms with van der Waals surface area (Å²) in [4.78, 5) is 34.6. The van der Waals surface area contributed by atoms with Gasteiger partial charge in [0.05, 0.1) is 0 Å². The molecule has 1 aliphatic carbocycles. The number of carbonyl (C=O) groups is 3. The van der Waals surface area contributed by atoms with Gasteiger partial charge in [0.1, 0.15) is 0 Å². The summed E-state index contributed by atoms with van der Waals surface area (Å²) in [6.07, 6.45) is 5.82. The molecule has 25 heavy (non-hydrogen) atoms. The quantitative estimate of drug-likeness (QED) is 0.637. The molecule has 0 heterocycles. The Labute approximate surface area is 147 Å². The molecule has 4 N–H and O–H groups in total. The number of amides is 4. The molecule has 4 amide bonds. The molecule has 1 aromatic rings. The molecule has 1 aliphatic rings. The van der Waals surface area contributed by atoms with E-state index in [0.717, 1.165) is 25.7 Å². The largest absolute Gasteiger partial charge is 0.338 e. The van der Waals surface area contributed by atoms with Gasteiger partial charge in [0.15, 0.2) is 0 Å². The van der Waals surface area contributed by atoms with Crippen LogP contribution in [-0.4, -0.2) is 30.4 Å². The highest BCUT2D eigenvalue weighted by Gasteiger charge is 2.15. The first-order valence-corrected chi connectivity index (χ1v) is 8.75. The molecule has 0 atom stereocenters. The molecule has 0 saturated heterocycles. The molecule has 1 fully saturated rings. The Morgan fingerprint density at radius 2 is 1.56 bits per heavy atom. The number of urea groups is 1. The van der Waals surface area contributed by atoms with Crippen LogP contribution in [0.25, 0.3) is 0 Å². The van der Waals surface area contributed by atoms with Crippen molar-refractivity contribution in [1.82, 2.24) is 10.6 Å². The third-order valence-corrected chi connectivity index (χ3v) is 4.07. The van der Waals surface area contributed by atoms with Gasteiger partial charge in [0.2, 0.25) is 11.8 Å². The van der Waals surface area contributed by atoms with E-state index in [1.807, 2.05) is 0 Å². The number of hydrogen-bond donors (Lipinski definition) is 4. The van der Waals surface area contributed by atoms with Crippen molar-refractivity contribution in [2.45, 2.75) is 51.5 Å². The van der Waals surface area contributed by atoms with Crippen LogP contribution >= 0.6 is 0 Å². The molecule has 0 aromatic heterocycles. The van der Waals surface area contributed by atoms with E-state index in [9.17, 15) is 14.4 Å². The second-order valence-corrected chi connectivity index (χ2v) is 6.29. The van der Waals surface area contributed by atoms with E-state index < -0.39 is 0 Å². The normalized spacial score (nSPS) is 14.4. The lowest BCUT2D eigenvalue weighted by molar-refractivity contribution is -0.116.